The summed E-state index contributed by atoms with van der Waals surface area (Å²) >= 11 is 7.97. The van der Waals surface area contributed by atoms with Gasteiger partial charge in [-0.15, -0.1) is 11.3 Å². The van der Waals surface area contributed by atoms with Crippen LogP contribution in [0.2, 0.25) is 5.02 Å². The van der Waals surface area contributed by atoms with Crippen molar-refractivity contribution in [3.63, 3.8) is 0 Å². The Morgan fingerprint density at radius 1 is 1.46 bits per heavy atom. The Kier molecular flexibility index (Phi) is 6.22. The molecule has 1 fully saturated rings. The van der Waals surface area contributed by atoms with Gasteiger partial charge < -0.3 is 14.4 Å². The fourth-order valence-electron chi connectivity index (χ4n) is 3.22. The van der Waals surface area contributed by atoms with Gasteiger partial charge in [-0.05, 0) is 55.0 Å². The van der Waals surface area contributed by atoms with Crippen molar-refractivity contribution in [2.75, 3.05) is 20.3 Å². The number of thiophene rings is 1. The largest absolute Gasteiger partial charge is 0.491 e. The fraction of sp³-hybridized carbons (Fsp3) is 0.350. The molecular formula is C20H22ClNO3S. The number of likely N-dealkylation sites (tertiary alicyclic amines) is 1. The molecule has 26 heavy (non-hydrogen) atoms. The van der Waals surface area contributed by atoms with E-state index in [1.807, 2.05) is 24.0 Å². The van der Waals surface area contributed by atoms with Gasteiger partial charge in [-0.3, -0.25) is 4.79 Å². The third kappa shape index (κ3) is 4.05. The van der Waals surface area contributed by atoms with Crippen LogP contribution in [0.3, 0.4) is 0 Å². The molecule has 0 aliphatic carbocycles. The molecule has 0 spiro atoms. The van der Waals surface area contributed by atoms with Crippen LogP contribution in [0.1, 0.15) is 36.2 Å². The molecule has 0 bridgehead atoms. The number of hydrogen-bond acceptors (Lipinski definition) is 4. The van der Waals surface area contributed by atoms with Gasteiger partial charge in [0.1, 0.15) is 0 Å². The monoisotopic (exact) mass is 391 g/mol. The summed E-state index contributed by atoms with van der Waals surface area (Å²) in [5.74, 6) is 1.10. The first-order chi connectivity index (χ1) is 12.6. The van der Waals surface area contributed by atoms with Crippen LogP contribution in [0, 0.1) is 0 Å². The zero-order chi connectivity index (χ0) is 18.5. The Morgan fingerprint density at radius 2 is 2.31 bits per heavy atom. The second-order valence-corrected chi connectivity index (χ2v) is 7.39. The maximum atomic E-state index is 12.7. The van der Waals surface area contributed by atoms with Crippen LogP contribution in [-0.2, 0) is 4.79 Å². The number of ether oxygens (including phenoxy) is 2. The van der Waals surface area contributed by atoms with E-state index in [4.69, 9.17) is 21.1 Å². The van der Waals surface area contributed by atoms with Gasteiger partial charge in [0.2, 0.25) is 5.91 Å². The highest BCUT2D eigenvalue weighted by Gasteiger charge is 2.29. The van der Waals surface area contributed by atoms with Crippen LogP contribution in [0.4, 0.5) is 0 Å². The Morgan fingerprint density at radius 3 is 3.00 bits per heavy atom. The average molecular weight is 392 g/mol. The third-order valence-corrected chi connectivity index (χ3v) is 5.62. The fourth-order valence-corrected chi connectivity index (χ4v) is 4.39. The maximum Gasteiger partial charge on any atom is 0.247 e. The molecule has 1 aromatic heterocycles. The van der Waals surface area contributed by atoms with E-state index in [-0.39, 0.29) is 11.9 Å². The van der Waals surface area contributed by atoms with Gasteiger partial charge in [0.15, 0.2) is 11.5 Å². The number of halogens is 1. The SMILES string of the molecule is CCOc1cc(/C=C/C(=O)N2CCCC2c2cccs2)cc(Cl)c1OC. The first-order valence-corrected chi connectivity index (χ1v) is 9.92. The van der Waals surface area contributed by atoms with Gasteiger partial charge in [0, 0.05) is 17.5 Å². The molecule has 1 saturated heterocycles. The number of carbonyl (C=O) groups excluding carboxylic acids is 1. The lowest BCUT2D eigenvalue weighted by atomic mass is 10.1. The van der Waals surface area contributed by atoms with Crippen molar-refractivity contribution in [1.82, 2.24) is 4.90 Å². The molecular weight excluding hydrogens is 370 g/mol. The van der Waals surface area contributed by atoms with E-state index in [2.05, 4.69) is 11.4 Å². The second-order valence-electron chi connectivity index (χ2n) is 6.01. The Balaban J connectivity index is 1.78. The topological polar surface area (TPSA) is 38.8 Å². The minimum atomic E-state index is 0.0193. The molecule has 138 valence electrons. The molecule has 6 heteroatoms. The van der Waals surface area contributed by atoms with Gasteiger partial charge >= 0.3 is 0 Å². The van der Waals surface area contributed by atoms with Crippen LogP contribution in [0.25, 0.3) is 6.08 Å². The number of methoxy groups -OCH3 is 1. The summed E-state index contributed by atoms with van der Waals surface area (Å²) in [5.41, 5.74) is 0.805. The molecule has 1 unspecified atom stereocenters. The molecule has 4 nitrogen and oxygen atoms in total. The van der Waals surface area contributed by atoms with Crippen molar-refractivity contribution in [3.8, 4) is 11.5 Å². The van der Waals surface area contributed by atoms with Crippen molar-refractivity contribution < 1.29 is 14.3 Å². The standard InChI is InChI=1S/C20H22ClNO3S/c1-3-25-17-13-14(12-15(21)20(17)24-2)8-9-19(23)22-10-4-6-16(22)18-7-5-11-26-18/h5,7-9,11-13,16H,3-4,6,10H2,1-2H3/b9-8+. The zero-order valence-electron chi connectivity index (χ0n) is 14.9. The Hall–Kier alpha value is -1.98. The molecule has 1 amide bonds. The molecule has 3 rings (SSSR count). The van der Waals surface area contributed by atoms with Crippen LogP contribution in [0.15, 0.2) is 35.7 Å². The highest BCUT2D eigenvalue weighted by atomic mass is 35.5. The smallest absolute Gasteiger partial charge is 0.247 e. The minimum Gasteiger partial charge on any atom is -0.491 e. The van der Waals surface area contributed by atoms with E-state index in [1.54, 1.807) is 36.7 Å². The molecule has 1 atom stereocenters. The summed E-state index contributed by atoms with van der Waals surface area (Å²) in [5, 5.41) is 2.52. The zero-order valence-corrected chi connectivity index (χ0v) is 16.5. The number of benzene rings is 1. The number of carbonyl (C=O) groups is 1. The normalized spacial score (nSPS) is 17.0. The Bertz CT molecular complexity index is 789. The molecule has 0 radical (unpaired) electrons. The van der Waals surface area contributed by atoms with Crippen LogP contribution in [0.5, 0.6) is 11.5 Å². The number of amides is 1. The van der Waals surface area contributed by atoms with Crippen molar-refractivity contribution >= 4 is 34.9 Å². The van der Waals surface area contributed by atoms with Gasteiger partial charge in [-0.1, -0.05) is 17.7 Å². The van der Waals surface area contributed by atoms with E-state index in [1.165, 1.54) is 4.88 Å². The quantitative estimate of drug-likeness (QED) is 0.636. The number of hydrogen-bond donors (Lipinski definition) is 0. The lowest BCUT2D eigenvalue weighted by Gasteiger charge is -2.22. The number of rotatable bonds is 6. The molecule has 1 aliphatic heterocycles. The molecule has 2 heterocycles. The van der Waals surface area contributed by atoms with Gasteiger partial charge in [-0.2, -0.15) is 0 Å². The van der Waals surface area contributed by atoms with E-state index >= 15 is 0 Å². The van der Waals surface area contributed by atoms with Crippen LogP contribution < -0.4 is 9.47 Å². The van der Waals surface area contributed by atoms with E-state index < -0.39 is 0 Å². The first-order valence-electron chi connectivity index (χ1n) is 8.66. The summed E-state index contributed by atoms with van der Waals surface area (Å²) in [6, 6.07) is 7.92. The third-order valence-electron chi connectivity index (χ3n) is 4.36. The summed E-state index contributed by atoms with van der Waals surface area (Å²) in [6.07, 6.45) is 5.44. The summed E-state index contributed by atoms with van der Waals surface area (Å²) in [6.45, 7) is 3.20. The first kappa shape index (κ1) is 18.8. The van der Waals surface area contributed by atoms with Gasteiger partial charge in [-0.25, -0.2) is 0 Å². The number of nitrogens with zero attached hydrogens (tertiary/aromatic N) is 1. The lowest BCUT2D eigenvalue weighted by Crippen LogP contribution is -2.28. The lowest BCUT2D eigenvalue weighted by molar-refractivity contribution is -0.126. The predicted molar refractivity (Wildman–Crippen MR) is 106 cm³/mol. The second kappa shape index (κ2) is 8.60. The summed E-state index contributed by atoms with van der Waals surface area (Å²) < 4.78 is 10.9. The summed E-state index contributed by atoms with van der Waals surface area (Å²) in [4.78, 5) is 15.9. The van der Waals surface area contributed by atoms with Crippen LogP contribution in [-0.4, -0.2) is 31.1 Å². The highest BCUT2D eigenvalue weighted by Crippen LogP contribution is 2.37. The molecule has 0 N–H and O–H groups in total. The van der Waals surface area contributed by atoms with Crippen molar-refractivity contribution in [3.05, 3.63) is 51.2 Å². The highest BCUT2D eigenvalue weighted by molar-refractivity contribution is 7.10. The van der Waals surface area contributed by atoms with Crippen molar-refractivity contribution in [1.29, 1.82) is 0 Å². The van der Waals surface area contributed by atoms with Crippen molar-refractivity contribution in [2.45, 2.75) is 25.8 Å². The molecule has 1 aliphatic rings. The molecule has 1 aromatic carbocycles. The maximum absolute atomic E-state index is 12.7. The molecule has 0 saturated carbocycles. The Labute approximate surface area is 163 Å². The van der Waals surface area contributed by atoms with E-state index in [9.17, 15) is 4.79 Å². The van der Waals surface area contributed by atoms with Gasteiger partial charge in [0.25, 0.3) is 0 Å². The molecule has 2 aromatic rings. The van der Waals surface area contributed by atoms with Crippen molar-refractivity contribution in [2.24, 2.45) is 0 Å². The van der Waals surface area contributed by atoms with E-state index in [0.717, 1.165) is 24.9 Å². The summed E-state index contributed by atoms with van der Waals surface area (Å²) in [7, 11) is 1.56. The average Bonchev–Trinajstić information content (AvgIpc) is 3.30. The van der Waals surface area contributed by atoms with Gasteiger partial charge in [0.05, 0.1) is 24.8 Å². The predicted octanol–water partition coefficient (Wildman–Crippen LogP) is 5.19. The van der Waals surface area contributed by atoms with Crippen LogP contribution >= 0.6 is 22.9 Å². The van der Waals surface area contributed by atoms with E-state index in [0.29, 0.717) is 23.1 Å². The minimum absolute atomic E-state index is 0.0193.